The summed E-state index contributed by atoms with van der Waals surface area (Å²) in [6.07, 6.45) is -2.90. The Morgan fingerprint density at radius 2 is 1.87 bits per heavy atom. The maximum atomic E-state index is 12.3. The Labute approximate surface area is 96.7 Å². The molecule has 78 valence electrons. The lowest BCUT2D eigenvalue weighted by Crippen LogP contribution is -2.04. The lowest BCUT2D eigenvalue weighted by atomic mass is 10.2. The van der Waals surface area contributed by atoms with E-state index in [9.17, 15) is 13.2 Å². The molecule has 0 radical (unpaired) electrons. The fourth-order valence-electron chi connectivity index (χ4n) is 1.16. The van der Waals surface area contributed by atoms with Gasteiger partial charge in [-0.15, -0.1) is 0 Å². The molecule has 0 N–H and O–H groups in total. The van der Waals surface area contributed by atoms with E-state index in [4.69, 9.17) is 0 Å². The van der Waals surface area contributed by atoms with Crippen LogP contribution in [-0.2, 0) is 6.18 Å². The molecule has 0 spiro atoms. The zero-order valence-corrected chi connectivity index (χ0v) is 9.37. The molecule has 1 aromatic carbocycles. The number of hydrogen-bond acceptors (Lipinski definition) is 2. The third-order valence-electron chi connectivity index (χ3n) is 1.84. The minimum Gasteiger partial charge on any atom is -0.252 e. The molecule has 0 saturated heterocycles. The Kier molecular flexibility index (Phi) is 2.53. The van der Waals surface area contributed by atoms with Crippen molar-refractivity contribution in [3.05, 3.63) is 33.7 Å². The zero-order valence-electron chi connectivity index (χ0n) is 7.22. The summed E-state index contributed by atoms with van der Waals surface area (Å²) < 4.78 is 37.7. The molecule has 0 amide bonds. The molecule has 1 aromatic heterocycles. The molecule has 0 saturated carbocycles. The fourth-order valence-corrected chi connectivity index (χ4v) is 1.56. The van der Waals surface area contributed by atoms with Crippen molar-refractivity contribution in [2.24, 2.45) is 0 Å². The van der Waals surface area contributed by atoms with Gasteiger partial charge in [-0.2, -0.15) is 13.2 Å². The molecule has 2 rings (SSSR count). The van der Waals surface area contributed by atoms with Crippen LogP contribution in [0.1, 0.15) is 5.56 Å². The minimum absolute atomic E-state index is 0.255. The van der Waals surface area contributed by atoms with Crippen molar-refractivity contribution >= 4 is 33.6 Å². The first-order valence-corrected chi connectivity index (χ1v) is 5.04. The summed E-state index contributed by atoms with van der Waals surface area (Å²) in [5.74, 6) is 0. The zero-order chi connectivity index (χ0) is 11.1. The molecule has 6 heteroatoms. The molecule has 0 aliphatic carbocycles. The Balaban J connectivity index is 2.62. The maximum Gasteiger partial charge on any atom is 0.416 e. The van der Waals surface area contributed by atoms with Gasteiger partial charge >= 0.3 is 6.18 Å². The topological polar surface area (TPSA) is 25.8 Å². The van der Waals surface area contributed by atoms with Gasteiger partial charge in [0.15, 0.2) is 0 Å². The van der Waals surface area contributed by atoms with Crippen molar-refractivity contribution in [3.8, 4) is 0 Å². The summed E-state index contributed by atoms with van der Waals surface area (Å²) in [6, 6.07) is 3.33. The molecule has 0 aliphatic rings. The SMILES string of the molecule is FC(F)(F)c1ccc2nc(I)cnc2c1. The highest BCUT2D eigenvalue weighted by atomic mass is 127. The highest BCUT2D eigenvalue weighted by Gasteiger charge is 2.30. The van der Waals surface area contributed by atoms with Crippen LogP contribution in [0, 0.1) is 3.70 Å². The first-order valence-electron chi connectivity index (χ1n) is 3.96. The third-order valence-corrected chi connectivity index (χ3v) is 2.36. The molecule has 2 nitrogen and oxygen atoms in total. The van der Waals surface area contributed by atoms with Gasteiger partial charge in [0, 0.05) is 0 Å². The molecule has 0 fully saturated rings. The van der Waals surface area contributed by atoms with Gasteiger partial charge in [0.05, 0.1) is 22.8 Å². The molecule has 0 bridgehead atoms. The van der Waals surface area contributed by atoms with Crippen LogP contribution in [0.5, 0.6) is 0 Å². The first kappa shape index (κ1) is 10.6. The number of benzene rings is 1. The summed E-state index contributed by atoms with van der Waals surface area (Å²) in [5.41, 5.74) is 0.0191. The standard InChI is InChI=1S/C9H4F3IN2/c10-9(11,12)5-1-2-6-7(3-5)14-4-8(13)15-6/h1-4H. The molecule has 2 aromatic rings. The predicted molar refractivity (Wildman–Crippen MR) is 57.3 cm³/mol. The normalized spacial score (nSPS) is 12.0. The Bertz CT molecular complexity index is 510. The summed E-state index contributed by atoms with van der Waals surface area (Å²) >= 11 is 1.96. The number of halogens is 4. The van der Waals surface area contributed by atoms with Gasteiger partial charge in [0.2, 0.25) is 0 Å². The van der Waals surface area contributed by atoms with E-state index >= 15 is 0 Å². The van der Waals surface area contributed by atoms with E-state index in [1.807, 2.05) is 22.6 Å². The molecule has 0 atom stereocenters. The molecule has 0 unspecified atom stereocenters. The minimum atomic E-state index is -4.33. The second kappa shape index (κ2) is 3.58. The van der Waals surface area contributed by atoms with Crippen LogP contribution in [0.4, 0.5) is 13.2 Å². The summed E-state index contributed by atoms with van der Waals surface area (Å²) in [4.78, 5) is 7.94. The van der Waals surface area contributed by atoms with Crippen molar-refractivity contribution in [2.75, 3.05) is 0 Å². The van der Waals surface area contributed by atoms with E-state index in [0.717, 1.165) is 12.1 Å². The molecule has 0 aliphatic heterocycles. The number of rotatable bonds is 0. The van der Waals surface area contributed by atoms with E-state index in [1.165, 1.54) is 12.3 Å². The van der Waals surface area contributed by atoms with Gasteiger partial charge in [-0.1, -0.05) is 0 Å². The number of alkyl halides is 3. The lowest BCUT2D eigenvalue weighted by molar-refractivity contribution is -0.137. The van der Waals surface area contributed by atoms with E-state index in [1.54, 1.807) is 0 Å². The highest BCUT2D eigenvalue weighted by molar-refractivity contribution is 14.1. The van der Waals surface area contributed by atoms with Crippen LogP contribution < -0.4 is 0 Å². The highest BCUT2D eigenvalue weighted by Crippen LogP contribution is 2.30. The summed E-state index contributed by atoms with van der Waals surface area (Å²) in [6.45, 7) is 0. The van der Waals surface area contributed by atoms with E-state index < -0.39 is 11.7 Å². The molecule has 15 heavy (non-hydrogen) atoms. The second-order valence-corrected chi connectivity index (χ2v) is 4.00. The smallest absolute Gasteiger partial charge is 0.252 e. The van der Waals surface area contributed by atoms with Crippen LogP contribution in [-0.4, -0.2) is 9.97 Å². The largest absolute Gasteiger partial charge is 0.416 e. The average Bonchev–Trinajstić information content (AvgIpc) is 2.15. The number of fused-ring (bicyclic) bond motifs is 1. The van der Waals surface area contributed by atoms with Crippen molar-refractivity contribution in [2.45, 2.75) is 6.18 Å². The van der Waals surface area contributed by atoms with Crippen LogP contribution >= 0.6 is 22.6 Å². The molecule has 1 heterocycles. The quantitative estimate of drug-likeness (QED) is 0.695. The Morgan fingerprint density at radius 3 is 2.53 bits per heavy atom. The molecular formula is C9H4F3IN2. The van der Waals surface area contributed by atoms with Gasteiger partial charge in [0.25, 0.3) is 0 Å². The number of aromatic nitrogens is 2. The third kappa shape index (κ3) is 2.19. The monoisotopic (exact) mass is 324 g/mol. The van der Waals surface area contributed by atoms with Crippen LogP contribution in [0.3, 0.4) is 0 Å². The maximum absolute atomic E-state index is 12.3. The average molecular weight is 324 g/mol. The summed E-state index contributed by atoms with van der Waals surface area (Å²) in [7, 11) is 0. The Hall–Kier alpha value is -0.920. The van der Waals surface area contributed by atoms with Crippen molar-refractivity contribution in [1.29, 1.82) is 0 Å². The van der Waals surface area contributed by atoms with Crippen LogP contribution in [0.25, 0.3) is 11.0 Å². The van der Waals surface area contributed by atoms with Crippen molar-refractivity contribution in [3.63, 3.8) is 0 Å². The first-order chi connectivity index (χ1) is 6.97. The van der Waals surface area contributed by atoms with Gasteiger partial charge in [-0.3, -0.25) is 4.98 Å². The number of nitrogens with zero attached hydrogens (tertiary/aromatic N) is 2. The van der Waals surface area contributed by atoms with E-state index in [2.05, 4.69) is 9.97 Å². The van der Waals surface area contributed by atoms with Gasteiger partial charge < -0.3 is 0 Å². The Morgan fingerprint density at radius 1 is 1.13 bits per heavy atom. The van der Waals surface area contributed by atoms with Gasteiger partial charge in [-0.05, 0) is 40.8 Å². The van der Waals surface area contributed by atoms with E-state index in [0.29, 0.717) is 9.22 Å². The van der Waals surface area contributed by atoms with Gasteiger partial charge in [0.1, 0.15) is 3.70 Å². The molecular weight excluding hydrogens is 320 g/mol. The lowest BCUT2D eigenvalue weighted by Gasteiger charge is -2.06. The fraction of sp³-hybridized carbons (Fsp3) is 0.111. The van der Waals surface area contributed by atoms with Crippen molar-refractivity contribution < 1.29 is 13.2 Å². The van der Waals surface area contributed by atoms with Crippen LogP contribution in [0.15, 0.2) is 24.4 Å². The van der Waals surface area contributed by atoms with Gasteiger partial charge in [-0.25, -0.2) is 4.98 Å². The summed E-state index contributed by atoms with van der Waals surface area (Å²) in [5, 5.41) is 0. The van der Waals surface area contributed by atoms with Crippen molar-refractivity contribution in [1.82, 2.24) is 9.97 Å². The predicted octanol–water partition coefficient (Wildman–Crippen LogP) is 3.25. The number of hydrogen-bond donors (Lipinski definition) is 0. The second-order valence-electron chi connectivity index (χ2n) is 2.89. The van der Waals surface area contributed by atoms with E-state index in [-0.39, 0.29) is 5.52 Å². The van der Waals surface area contributed by atoms with Crippen LogP contribution in [0.2, 0.25) is 0 Å².